The van der Waals surface area contributed by atoms with Gasteiger partial charge in [-0.3, -0.25) is 0 Å². The third-order valence-electron chi connectivity index (χ3n) is 4.14. The Kier molecular flexibility index (Phi) is 6.29. The number of aryl methyl sites for hydroxylation is 1. The van der Waals surface area contributed by atoms with Gasteiger partial charge < -0.3 is 19.7 Å². The smallest absolute Gasteiger partial charge is 0.344 e. The van der Waals surface area contributed by atoms with Gasteiger partial charge in [0.25, 0.3) is 0 Å². The van der Waals surface area contributed by atoms with E-state index in [1.54, 1.807) is 31.2 Å². The highest BCUT2D eigenvalue weighted by Crippen LogP contribution is 2.42. The molecule has 1 heterocycles. The molecule has 3 rings (SSSR count). The minimum absolute atomic E-state index is 0.00647. The molecular weight excluding hydrogens is 390 g/mol. The van der Waals surface area contributed by atoms with Gasteiger partial charge in [-0.25, -0.2) is 9.79 Å². The zero-order chi connectivity index (χ0) is 21.0. The molecule has 6 nitrogen and oxygen atoms in total. The quantitative estimate of drug-likeness (QED) is 0.680. The Bertz CT molecular complexity index is 1040. The molecule has 0 saturated carbocycles. The van der Waals surface area contributed by atoms with Crippen LogP contribution in [0.1, 0.15) is 18.1 Å². The van der Waals surface area contributed by atoms with Crippen molar-refractivity contribution in [2.24, 2.45) is 4.99 Å². The SMILES string of the molecule is CCOC(=O)C1=C(O)C(=Cc2cccc(OC)c2O)SC1=Nc1cccc(C)c1. The molecule has 150 valence electrons. The summed E-state index contributed by atoms with van der Waals surface area (Å²) in [4.78, 5) is 17.4. The van der Waals surface area contributed by atoms with Crippen LogP contribution in [0, 0.1) is 6.92 Å². The van der Waals surface area contributed by atoms with E-state index in [1.165, 1.54) is 7.11 Å². The maximum absolute atomic E-state index is 12.5. The highest BCUT2D eigenvalue weighted by Gasteiger charge is 2.33. The van der Waals surface area contributed by atoms with Crippen molar-refractivity contribution in [2.45, 2.75) is 13.8 Å². The number of para-hydroxylation sites is 1. The normalized spacial score (nSPS) is 16.5. The van der Waals surface area contributed by atoms with Gasteiger partial charge in [-0.05, 0) is 43.7 Å². The lowest BCUT2D eigenvalue weighted by Crippen LogP contribution is -2.12. The molecule has 0 bridgehead atoms. The van der Waals surface area contributed by atoms with E-state index in [0.717, 1.165) is 17.3 Å². The van der Waals surface area contributed by atoms with Crippen LogP contribution >= 0.6 is 11.8 Å². The Hall–Kier alpha value is -3.19. The van der Waals surface area contributed by atoms with Crippen LogP contribution in [0.2, 0.25) is 0 Å². The van der Waals surface area contributed by atoms with Gasteiger partial charge in [-0.1, -0.05) is 36.0 Å². The van der Waals surface area contributed by atoms with E-state index in [1.807, 2.05) is 31.2 Å². The largest absolute Gasteiger partial charge is 0.506 e. The lowest BCUT2D eigenvalue weighted by molar-refractivity contribution is -0.138. The number of esters is 1. The Labute approximate surface area is 173 Å². The maximum atomic E-state index is 12.5. The number of carbonyl (C=O) groups is 1. The summed E-state index contributed by atoms with van der Waals surface area (Å²) in [6, 6.07) is 12.5. The molecule has 0 aromatic heterocycles. The van der Waals surface area contributed by atoms with Gasteiger partial charge in [-0.2, -0.15) is 0 Å². The number of rotatable bonds is 5. The van der Waals surface area contributed by atoms with Gasteiger partial charge in [0, 0.05) is 5.56 Å². The molecule has 0 unspecified atom stereocenters. The van der Waals surface area contributed by atoms with E-state index in [2.05, 4.69) is 4.99 Å². The van der Waals surface area contributed by atoms with Gasteiger partial charge >= 0.3 is 5.97 Å². The van der Waals surface area contributed by atoms with Crippen LogP contribution in [0.15, 0.2) is 63.7 Å². The van der Waals surface area contributed by atoms with Crippen molar-refractivity contribution in [3.8, 4) is 11.5 Å². The second-order valence-electron chi connectivity index (χ2n) is 6.21. The van der Waals surface area contributed by atoms with E-state index in [9.17, 15) is 15.0 Å². The van der Waals surface area contributed by atoms with Gasteiger partial charge in [0.15, 0.2) is 11.5 Å². The highest BCUT2D eigenvalue weighted by atomic mass is 32.2. The Morgan fingerprint density at radius 3 is 2.66 bits per heavy atom. The number of carbonyl (C=O) groups excluding carboxylic acids is 1. The van der Waals surface area contributed by atoms with Crippen LogP contribution in [-0.2, 0) is 9.53 Å². The average molecular weight is 411 g/mol. The number of ether oxygens (including phenoxy) is 2. The fraction of sp³-hybridized carbons (Fsp3) is 0.182. The molecule has 0 radical (unpaired) electrons. The standard InChI is InChI=1S/C22H21NO5S/c1-4-28-22(26)18-20(25)17(12-14-8-6-10-16(27-3)19(14)24)29-21(18)23-15-9-5-7-13(2)11-15/h5-12,24-25H,4H2,1-3H3. The first-order valence-electron chi connectivity index (χ1n) is 8.96. The summed E-state index contributed by atoms with van der Waals surface area (Å²) in [7, 11) is 1.46. The van der Waals surface area contributed by atoms with Gasteiger partial charge in [0.05, 0.1) is 24.3 Å². The zero-order valence-electron chi connectivity index (χ0n) is 16.3. The summed E-state index contributed by atoms with van der Waals surface area (Å²) >= 11 is 1.13. The number of thioether (sulfide) groups is 1. The maximum Gasteiger partial charge on any atom is 0.344 e. The number of hydrogen-bond acceptors (Lipinski definition) is 7. The molecule has 0 saturated heterocycles. The highest BCUT2D eigenvalue weighted by molar-refractivity contribution is 8.18. The number of aliphatic hydroxyl groups excluding tert-OH is 1. The predicted molar refractivity (Wildman–Crippen MR) is 115 cm³/mol. The first kappa shape index (κ1) is 20.5. The summed E-state index contributed by atoms with van der Waals surface area (Å²) in [6.07, 6.45) is 1.58. The van der Waals surface area contributed by atoms with Crippen molar-refractivity contribution in [3.63, 3.8) is 0 Å². The topological polar surface area (TPSA) is 88.4 Å². The first-order valence-corrected chi connectivity index (χ1v) is 9.78. The van der Waals surface area contributed by atoms with E-state index in [-0.39, 0.29) is 23.7 Å². The summed E-state index contributed by atoms with van der Waals surface area (Å²) in [5.41, 5.74) is 2.13. The summed E-state index contributed by atoms with van der Waals surface area (Å²) in [5.74, 6) is -0.632. The number of hydrogen-bond donors (Lipinski definition) is 2. The van der Waals surface area contributed by atoms with E-state index in [4.69, 9.17) is 9.47 Å². The van der Waals surface area contributed by atoms with Crippen LogP contribution in [0.25, 0.3) is 6.08 Å². The van der Waals surface area contributed by atoms with E-state index in [0.29, 0.717) is 26.9 Å². The number of aromatic hydroxyl groups is 1. The molecule has 0 fully saturated rings. The molecule has 7 heteroatoms. The fourth-order valence-electron chi connectivity index (χ4n) is 2.77. The van der Waals surface area contributed by atoms with Crippen LogP contribution in [-0.4, -0.2) is 34.9 Å². The molecule has 29 heavy (non-hydrogen) atoms. The molecule has 2 aromatic carbocycles. The third kappa shape index (κ3) is 4.46. The predicted octanol–water partition coefficient (Wildman–Crippen LogP) is 4.90. The zero-order valence-corrected chi connectivity index (χ0v) is 17.1. The average Bonchev–Trinajstić information content (AvgIpc) is 2.98. The van der Waals surface area contributed by atoms with Gasteiger partial charge in [0.1, 0.15) is 16.4 Å². The van der Waals surface area contributed by atoms with Crippen molar-refractivity contribution < 1.29 is 24.5 Å². The number of nitrogens with zero attached hydrogens (tertiary/aromatic N) is 1. The number of methoxy groups -OCH3 is 1. The van der Waals surface area contributed by atoms with Gasteiger partial charge in [-0.15, -0.1) is 0 Å². The van der Waals surface area contributed by atoms with Crippen LogP contribution in [0.4, 0.5) is 5.69 Å². The minimum Gasteiger partial charge on any atom is -0.506 e. The van der Waals surface area contributed by atoms with Crippen LogP contribution in [0.3, 0.4) is 0 Å². The number of phenols is 1. The molecule has 0 amide bonds. The Balaban J connectivity index is 2.08. The molecule has 2 aromatic rings. The molecule has 0 aliphatic carbocycles. The summed E-state index contributed by atoms with van der Waals surface area (Å²) < 4.78 is 10.2. The van der Waals surface area contributed by atoms with Crippen LogP contribution in [0.5, 0.6) is 11.5 Å². The van der Waals surface area contributed by atoms with Gasteiger partial charge in [0.2, 0.25) is 0 Å². The van der Waals surface area contributed by atoms with Crippen molar-refractivity contribution in [1.29, 1.82) is 0 Å². The summed E-state index contributed by atoms with van der Waals surface area (Å²) in [5, 5.41) is 21.4. The number of benzene rings is 2. The van der Waals surface area contributed by atoms with Crippen LogP contribution < -0.4 is 4.74 Å². The second kappa shape index (κ2) is 8.87. The molecule has 1 aliphatic rings. The lowest BCUT2D eigenvalue weighted by atomic mass is 10.1. The van der Waals surface area contributed by atoms with Crippen molar-refractivity contribution >= 4 is 34.5 Å². The molecule has 1 aliphatic heterocycles. The Morgan fingerprint density at radius 1 is 1.21 bits per heavy atom. The first-order chi connectivity index (χ1) is 13.9. The third-order valence-corrected chi connectivity index (χ3v) is 5.16. The summed E-state index contributed by atoms with van der Waals surface area (Å²) in [6.45, 7) is 3.82. The number of phenolic OH excluding ortho intramolecular Hbond substituents is 1. The second-order valence-corrected chi connectivity index (χ2v) is 7.24. The lowest BCUT2D eigenvalue weighted by Gasteiger charge is -2.06. The fourth-order valence-corrected chi connectivity index (χ4v) is 3.79. The Morgan fingerprint density at radius 2 is 1.97 bits per heavy atom. The van der Waals surface area contributed by atoms with Crippen molar-refractivity contribution in [2.75, 3.05) is 13.7 Å². The monoisotopic (exact) mass is 411 g/mol. The molecular formula is C22H21NO5S. The van der Waals surface area contributed by atoms with E-state index < -0.39 is 5.97 Å². The number of aliphatic hydroxyl groups is 1. The molecule has 0 atom stereocenters. The van der Waals surface area contributed by atoms with Crippen molar-refractivity contribution in [1.82, 2.24) is 0 Å². The van der Waals surface area contributed by atoms with E-state index >= 15 is 0 Å². The molecule has 2 N–H and O–H groups in total. The van der Waals surface area contributed by atoms with Crippen molar-refractivity contribution in [3.05, 3.63) is 69.8 Å². The minimum atomic E-state index is -0.651. The number of aliphatic imine (C=N–C) groups is 1. The molecule has 0 spiro atoms.